The zero-order valence-corrected chi connectivity index (χ0v) is 21.2. The number of carbonyl (C=O) groups excluding carboxylic acids is 1. The molecule has 1 atom stereocenters. The number of nitrogens with one attached hydrogen (secondary N) is 1. The number of fused-ring (bicyclic) bond motifs is 1. The second kappa shape index (κ2) is 11.6. The Morgan fingerprint density at radius 2 is 1.71 bits per heavy atom. The highest BCUT2D eigenvalue weighted by molar-refractivity contribution is 5.86. The molecule has 1 aliphatic rings. The molecule has 1 fully saturated rings. The molecule has 8 heteroatoms. The number of aromatic nitrogens is 1. The van der Waals surface area contributed by atoms with Gasteiger partial charge in [-0.15, -0.1) is 0 Å². The van der Waals surface area contributed by atoms with Gasteiger partial charge in [-0.2, -0.15) is 0 Å². The quantitative estimate of drug-likeness (QED) is 0.225. The van der Waals surface area contributed by atoms with E-state index in [1.54, 1.807) is 24.3 Å². The molecule has 1 aliphatic heterocycles. The van der Waals surface area contributed by atoms with Gasteiger partial charge in [-0.05, 0) is 60.8 Å². The number of benzene rings is 3. The van der Waals surface area contributed by atoms with Gasteiger partial charge in [0.05, 0.1) is 4.92 Å². The van der Waals surface area contributed by atoms with Crippen molar-refractivity contribution in [2.45, 2.75) is 31.7 Å². The van der Waals surface area contributed by atoms with E-state index in [0.717, 1.165) is 47.2 Å². The third-order valence-electron chi connectivity index (χ3n) is 7.31. The molecule has 1 aromatic heterocycles. The molecule has 2 heterocycles. The number of carbonyl (C=O) groups is 1. The summed E-state index contributed by atoms with van der Waals surface area (Å²) in [7, 11) is 0. The average Bonchev–Trinajstić information content (AvgIpc) is 3.57. The lowest BCUT2D eigenvalue weighted by Gasteiger charge is -2.19. The maximum absolute atomic E-state index is 13.5. The van der Waals surface area contributed by atoms with Crippen molar-refractivity contribution in [3.63, 3.8) is 0 Å². The fourth-order valence-electron chi connectivity index (χ4n) is 5.32. The molecule has 0 spiro atoms. The Balaban J connectivity index is 1.45. The number of para-hydroxylation sites is 1. The highest BCUT2D eigenvalue weighted by Gasteiger charge is 2.24. The van der Waals surface area contributed by atoms with Crippen LogP contribution in [0.1, 0.15) is 41.9 Å². The summed E-state index contributed by atoms with van der Waals surface area (Å²) in [6.07, 6.45) is 4.69. The molecule has 1 amide bonds. The molecular weight excluding hydrogens is 483 g/mol. The molecule has 0 aliphatic carbocycles. The van der Waals surface area contributed by atoms with Crippen molar-refractivity contribution < 1.29 is 14.1 Å². The largest absolute Gasteiger partial charge is 0.355 e. The summed E-state index contributed by atoms with van der Waals surface area (Å²) in [6.45, 7) is 4.14. The lowest BCUT2D eigenvalue weighted by molar-refractivity contribution is -0.384. The summed E-state index contributed by atoms with van der Waals surface area (Å²) in [5.41, 5.74) is 3.81. The van der Waals surface area contributed by atoms with E-state index in [1.165, 1.54) is 37.1 Å². The maximum Gasteiger partial charge on any atom is 0.269 e. The normalized spacial score (nSPS) is 14.6. The number of halogens is 1. The molecule has 5 rings (SSSR count). The highest BCUT2D eigenvalue weighted by Crippen LogP contribution is 2.35. The molecule has 4 aromatic rings. The molecule has 1 saturated heterocycles. The molecule has 3 aromatic carbocycles. The van der Waals surface area contributed by atoms with Crippen molar-refractivity contribution in [1.29, 1.82) is 0 Å². The summed E-state index contributed by atoms with van der Waals surface area (Å²) < 4.78 is 15.6. The maximum atomic E-state index is 13.5. The van der Waals surface area contributed by atoms with Crippen LogP contribution in [0.2, 0.25) is 0 Å². The fraction of sp³-hybridized carbons (Fsp3) is 0.300. The molecule has 0 saturated carbocycles. The number of non-ortho nitro benzene ring substituents is 1. The van der Waals surface area contributed by atoms with Gasteiger partial charge < -0.3 is 14.8 Å². The van der Waals surface area contributed by atoms with Gasteiger partial charge in [0.2, 0.25) is 5.91 Å². The molecule has 0 unspecified atom stereocenters. The summed E-state index contributed by atoms with van der Waals surface area (Å²) >= 11 is 0. The van der Waals surface area contributed by atoms with Crippen LogP contribution in [-0.2, 0) is 11.3 Å². The number of nitro benzene ring substituents is 1. The van der Waals surface area contributed by atoms with Gasteiger partial charge >= 0.3 is 0 Å². The molecule has 196 valence electrons. The van der Waals surface area contributed by atoms with E-state index in [9.17, 15) is 19.3 Å². The van der Waals surface area contributed by atoms with Crippen LogP contribution in [-0.4, -0.2) is 46.5 Å². The Morgan fingerprint density at radius 1 is 1.00 bits per heavy atom. The van der Waals surface area contributed by atoms with Crippen molar-refractivity contribution in [2.75, 3.05) is 26.2 Å². The van der Waals surface area contributed by atoms with Crippen LogP contribution in [0.15, 0.2) is 79.0 Å². The second-order valence-corrected chi connectivity index (χ2v) is 9.86. The molecule has 0 radical (unpaired) electrons. The Bertz CT molecular complexity index is 1410. The lowest BCUT2D eigenvalue weighted by Crippen LogP contribution is -2.34. The molecule has 0 bridgehead atoms. The summed E-state index contributed by atoms with van der Waals surface area (Å²) in [5.74, 6) is -0.620. The first-order valence-electron chi connectivity index (χ1n) is 13.0. The number of nitro groups is 1. The summed E-state index contributed by atoms with van der Waals surface area (Å²) in [6, 6.07) is 20.9. The standard InChI is InChI=1S/C30H31FN4O3/c31-24-11-7-22(8-12-24)20-34-21-28(26-5-1-2-6-29(26)34)27(23-9-13-25(14-10-23)35(37)38)19-30(36)32-15-18-33-16-3-4-17-33/h1-2,5-14,21,27H,3-4,15-20H2,(H,32,36)/t27-/m0/s1. The monoisotopic (exact) mass is 514 g/mol. The Morgan fingerprint density at radius 3 is 2.42 bits per heavy atom. The predicted molar refractivity (Wildman–Crippen MR) is 146 cm³/mol. The number of nitrogens with zero attached hydrogens (tertiary/aromatic N) is 3. The van der Waals surface area contributed by atoms with E-state index in [-0.39, 0.29) is 29.8 Å². The number of likely N-dealkylation sites (tertiary alicyclic amines) is 1. The van der Waals surface area contributed by atoms with Crippen molar-refractivity contribution in [2.24, 2.45) is 0 Å². The first-order chi connectivity index (χ1) is 18.5. The first kappa shape index (κ1) is 25.6. The Kier molecular flexibility index (Phi) is 7.79. The van der Waals surface area contributed by atoms with Crippen LogP contribution in [0.4, 0.5) is 10.1 Å². The minimum atomic E-state index is -0.418. The molecule has 38 heavy (non-hydrogen) atoms. The number of amides is 1. The predicted octanol–water partition coefficient (Wildman–Crippen LogP) is 5.47. The van der Waals surface area contributed by atoms with Gasteiger partial charge in [-0.3, -0.25) is 14.9 Å². The zero-order chi connectivity index (χ0) is 26.5. The topological polar surface area (TPSA) is 80.4 Å². The van der Waals surface area contributed by atoms with E-state index >= 15 is 0 Å². The van der Waals surface area contributed by atoms with Crippen LogP contribution in [0.25, 0.3) is 10.9 Å². The minimum absolute atomic E-state index is 0.0151. The van der Waals surface area contributed by atoms with Crippen LogP contribution in [0.5, 0.6) is 0 Å². The van der Waals surface area contributed by atoms with Gasteiger partial charge in [0, 0.05) is 61.2 Å². The smallest absolute Gasteiger partial charge is 0.269 e. The SMILES string of the molecule is O=C(C[C@@H](c1ccc([N+](=O)[O-])cc1)c1cn(Cc2ccc(F)cc2)c2ccccc12)NCCN1CCCC1. The Labute approximate surface area is 221 Å². The second-order valence-electron chi connectivity index (χ2n) is 9.86. The van der Waals surface area contributed by atoms with E-state index in [2.05, 4.69) is 21.0 Å². The van der Waals surface area contributed by atoms with E-state index in [4.69, 9.17) is 0 Å². The van der Waals surface area contributed by atoms with Gasteiger partial charge in [-0.25, -0.2) is 4.39 Å². The zero-order valence-electron chi connectivity index (χ0n) is 21.2. The van der Waals surface area contributed by atoms with Gasteiger partial charge in [-0.1, -0.05) is 42.5 Å². The molecule has 1 N–H and O–H groups in total. The van der Waals surface area contributed by atoms with Crippen molar-refractivity contribution in [3.8, 4) is 0 Å². The van der Waals surface area contributed by atoms with Gasteiger partial charge in [0.1, 0.15) is 5.82 Å². The van der Waals surface area contributed by atoms with Crippen LogP contribution < -0.4 is 5.32 Å². The lowest BCUT2D eigenvalue weighted by atomic mass is 9.88. The van der Waals surface area contributed by atoms with Gasteiger partial charge in [0.15, 0.2) is 0 Å². The van der Waals surface area contributed by atoms with E-state index < -0.39 is 4.92 Å². The van der Waals surface area contributed by atoms with E-state index in [0.29, 0.717) is 13.1 Å². The van der Waals surface area contributed by atoms with Crippen molar-refractivity contribution in [3.05, 3.63) is 112 Å². The van der Waals surface area contributed by atoms with Crippen LogP contribution in [0, 0.1) is 15.9 Å². The number of hydrogen-bond acceptors (Lipinski definition) is 4. The van der Waals surface area contributed by atoms with Gasteiger partial charge in [0.25, 0.3) is 5.69 Å². The summed E-state index contributed by atoms with van der Waals surface area (Å²) in [5, 5.41) is 15.3. The molecule has 7 nitrogen and oxygen atoms in total. The average molecular weight is 515 g/mol. The summed E-state index contributed by atoms with van der Waals surface area (Å²) in [4.78, 5) is 26.3. The third-order valence-corrected chi connectivity index (χ3v) is 7.31. The van der Waals surface area contributed by atoms with Crippen LogP contribution >= 0.6 is 0 Å². The van der Waals surface area contributed by atoms with Crippen molar-refractivity contribution in [1.82, 2.24) is 14.8 Å². The Hall–Kier alpha value is -4.04. The van der Waals surface area contributed by atoms with E-state index in [1.807, 2.05) is 24.3 Å². The minimum Gasteiger partial charge on any atom is -0.355 e. The van der Waals surface area contributed by atoms with Crippen molar-refractivity contribution >= 4 is 22.5 Å². The van der Waals surface area contributed by atoms with Crippen LogP contribution in [0.3, 0.4) is 0 Å². The number of hydrogen-bond donors (Lipinski definition) is 1. The highest BCUT2D eigenvalue weighted by atomic mass is 19.1. The first-order valence-corrected chi connectivity index (χ1v) is 13.0. The third kappa shape index (κ3) is 5.92. The molecular formula is C30H31FN4O3. The fourth-order valence-corrected chi connectivity index (χ4v) is 5.32. The number of rotatable bonds is 10.